The smallest absolute Gasteiger partial charge is 0.313 e. The molecule has 1 aromatic rings. The van der Waals surface area contributed by atoms with Crippen LogP contribution in [0.1, 0.15) is 12.8 Å². The Morgan fingerprint density at radius 3 is 3.05 bits per heavy atom. The van der Waals surface area contributed by atoms with Crippen LogP contribution < -0.4 is 10.2 Å². The molecule has 0 saturated carbocycles. The Bertz CT molecular complexity index is 516. The lowest BCUT2D eigenvalue weighted by molar-refractivity contribution is -0.384. The van der Waals surface area contributed by atoms with E-state index < -0.39 is 4.92 Å². The monoisotopic (exact) mass is 282 g/mol. The molecule has 19 heavy (non-hydrogen) atoms. The van der Waals surface area contributed by atoms with Gasteiger partial charge in [0.2, 0.25) is 5.82 Å². The van der Waals surface area contributed by atoms with Crippen molar-refractivity contribution in [3.63, 3.8) is 0 Å². The van der Waals surface area contributed by atoms with Crippen molar-refractivity contribution in [2.45, 2.75) is 12.8 Å². The molecule has 7 heteroatoms. The Morgan fingerprint density at radius 1 is 1.53 bits per heavy atom. The van der Waals surface area contributed by atoms with E-state index in [1.807, 2.05) is 4.90 Å². The number of anilines is 1. The lowest BCUT2D eigenvalue weighted by Gasteiger charge is -2.23. The standard InChI is InChI=1S/C12H15ClN4O2/c13-9-5-10(17(18)19)11(15-6-9)16-4-2-12(8-16)1-3-14-7-12/h5-6,14H,1-4,7-8H2. The highest BCUT2D eigenvalue weighted by molar-refractivity contribution is 6.30. The minimum absolute atomic E-state index is 0.00416. The normalized spacial score (nSPS) is 26.3. The summed E-state index contributed by atoms with van der Waals surface area (Å²) in [5, 5.41) is 14.8. The fourth-order valence-corrected chi connectivity index (χ4v) is 3.21. The molecule has 3 rings (SSSR count). The van der Waals surface area contributed by atoms with Gasteiger partial charge in [0, 0.05) is 37.3 Å². The second kappa shape index (κ2) is 4.61. The summed E-state index contributed by atoms with van der Waals surface area (Å²) in [6, 6.07) is 1.38. The molecule has 0 bridgehead atoms. The zero-order valence-corrected chi connectivity index (χ0v) is 11.2. The van der Waals surface area contributed by atoms with E-state index in [0.717, 1.165) is 39.0 Å². The number of halogens is 1. The molecule has 0 aliphatic carbocycles. The van der Waals surface area contributed by atoms with Crippen LogP contribution in [0.5, 0.6) is 0 Å². The maximum Gasteiger partial charge on any atom is 0.313 e. The molecule has 2 aliphatic rings. The van der Waals surface area contributed by atoms with Crippen molar-refractivity contribution in [1.29, 1.82) is 0 Å². The summed E-state index contributed by atoms with van der Waals surface area (Å²) in [5.74, 6) is 0.443. The van der Waals surface area contributed by atoms with Gasteiger partial charge in [-0.3, -0.25) is 10.1 Å². The van der Waals surface area contributed by atoms with E-state index in [1.54, 1.807) is 0 Å². The van der Waals surface area contributed by atoms with Crippen LogP contribution in [-0.2, 0) is 0 Å². The summed E-state index contributed by atoms with van der Waals surface area (Å²) in [7, 11) is 0. The fraction of sp³-hybridized carbons (Fsp3) is 0.583. The lowest BCUT2D eigenvalue weighted by atomic mass is 9.87. The Labute approximate surface area is 115 Å². The van der Waals surface area contributed by atoms with Crippen LogP contribution >= 0.6 is 11.6 Å². The molecule has 2 fully saturated rings. The van der Waals surface area contributed by atoms with Crippen molar-refractivity contribution in [3.05, 3.63) is 27.4 Å². The number of hydrogen-bond acceptors (Lipinski definition) is 5. The van der Waals surface area contributed by atoms with Crippen molar-refractivity contribution in [3.8, 4) is 0 Å². The third-order valence-electron chi connectivity index (χ3n) is 4.08. The SMILES string of the molecule is O=[N+]([O-])c1cc(Cl)cnc1N1CCC2(CCNC2)C1. The molecule has 2 saturated heterocycles. The highest BCUT2D eigenvalue weighted by Gasteiger charge is 2.42. The zero-order chi connectivity index (χ0) is 13.5. The molecule has 1 spiro atoms. The van der Waals surface area contributed by atoms with Crippen LogP contribution in [-0.4, -0.2) is 36.1 Å². The molecule has 0 amide bonds. The van der Waals surface area contributed by atoms with Gasteiger partial charge in [0.15, 0.2) is 0 Å². The van der Waals surface area contributed by atoms with E-state index in [9.17, 15) is 10.1 Å². The number of nitro groups is 1. The van der Waals surface area contributed by atoms with Gasteiger partial charge < -0.3 is 10.2 Å². The van der Waals surface area contributed by atoms with E-state index in [2.05, 4.69) is 10.3 Å². The summed E-state index contributed by atoms with van der Waals surface area (Å²) in [6.07, 6.45) is 3.66. The zero-order valence-electron chi connectivity index (χ0n) is 10.4. The Balaban J connectivity index is 1.89. The van der Waals surface area contributed by atoms with Gasteiger partial charge in [-0.1, -0.05) is 11.6 Å². The minimum atomic E-state index is -0.411. The average molecular weight is 283 g/mol. The quantitative estimate of drug-likeness (QED) is 0.662. The second-order valence-electron chi connectivity index (χ2n) is 5.35. The van der Waals surface area contributed by atoms with Crippen molar-refractivity contribution >= 4 is 23.1 Å². The van der Waals surface area contributed by atoms with E-state index >= 15 is 0 Å². The predicted molar refractivity (Wildman–Crippen MR) is 72.7 cm³/mol. The molecular formula is C12H15ClN4O2. The van der Waals surface area contributed by atoms with Crippen LogP contribution in [0.4, 0.5) is 11.5 Å². The van der Waals surface area contributed by atoms with Crippen LogP contribution in [0.25, 0.3) is 0 Å². The Hall–Kier alpha value is -1.40. The molecule has 2 aliphatic heterocycles. The molecule has 1 unspecified atom stereocenters. The van der Waals surface area contributed by atoms with Crippen molar-refractivity contribution in [2.24, 2.45) is 5.41 Å². The van der Waals surface area contributed by atoms with Crippen LogP contribution in [0.2, 0.25) is 5.02 Å². The molecule has 1 aromatic heterocycles. The maximum absolute atomic E-state index is 11.1. The molecule has 1 N–H and O–H groups in total. The minimum Gasteiger partial charge on any atom is -0.350 e. The average Bonchev–Trinajstić information content (AvgIpc) is 3.00. The van der Waals surface area contributed by atoms with E-state index in [-0.39, 0.29) is 11.1 Å². The number of hydrogen-bond donors (Lipinski definition) is 1. The molecule has 6 nitrogen and oxygen atoms in total. The number of rotatable bonds is 2. The van der Waals surface area contributed by atoms with Crippen LogP contribution in [0.15, 0.2) is 12.3 Å². The topological polar surface area (TPSA) is 71.3 Å². The number of pyridine rings is 1. The lowest BCUT2D eigenvalue weighted by Crippen LogP contribution is -2.29. The first-order chi connectivity index (χ1) is 9.10. The molecule has 3 heterocycles. The number of aromatic nitrogens is 1. The van der Waals surface area contributed by atoms with Gasteiger partial charge in [-0.25, -0.2) is 4.98 Å². The van der Waals surface area contributed by atoms with E-state index in [4.69, 9.17) is 11.6 Å². The third-order valence-corrected chi connectivity index (χ3v) is 4.29. The van der Waals surface area contributed by atoms with Gasteiger partial charge in [0.25, 0.3) is 0 Å². The molecule has 0 aromatic carbocycles. The summed E-state index contributed by atoms with van der Waals surface area (Å²) < 4.78 is 0. The molecule has 0 radical (unpaired) electrons. The van der Waals surface area contributed by atoms with Gasteiger partial charge in [-0.15, -0.1) is 0 Å². The first kappa shape index (κ1) is 12.6. The van der Waals surface area contributed by atoms with E-state index in [1.165, 1.54) is 12.3 Å². The van der Waals surface area contributed by atoms with Crippen LogP contribution in [0, 0.1) is 15.5 Å². The third kappa shape index (κ3) is 2.26. The first-order valence-electron chi connectivity index (χ1n) is 6.35. The van der Waals surface area contributed by atoms with Crippen molar-refractivity contribution in [1.82, 2.24) is 10.3 Å². The second-order valence-corrected chi connectivity index (χ2v) is 5.79. The predicted octanol–water partition coefficient (Wildman–Crippen LogP) is 1.83. The summed E-state index contributed by atoms with van der Waals surface area (Å²) in [4.78, 5) is 16.9. The van der Waals surface area contributed by atoms with Crippen LogP contribution in [0.3, 0.4) is 0 Å². The Kier molecular flexibility index (Phi) is 3.06. The molecule has 1 atom stereocenters. The summed E-state index contributed by atoms with van der Waals surface area (Å²) in [6.45, 7) is 3.67. The van der Waals surface area contributed by atoms with Crippen molar-refractivity contribution in [2.75, 3.05) is 31.1 Å². The summed E-state index contributed by atoms with van der Waals surface area (Å²) >= 11 is 5.79. The van der Waals surface area contributed by atoms with Gasteiger partial charge in [0.05, 0.1) is 9.95 Å². The van der Waals surface area contributed by atoms with Gasteiger partial charge in [0.1, 0.15) is 0 Å². The van der Waals surface area contributed by atoms with Gasteiger partial charge >= 0.3 is 5.69 Å². The van der Waals surface area contributed by atoms with E-state index in [0.29, 0.717) is 10.8 Å². The number of nitrogens with zero attached hydrogens (tertiary/aromatic N) is 3. The van der Waals surface area contributed by atoms with Crippen molar-refractivity contribution < 1.29 is 4.92 Å². The highest BCUT2D eigenvalue weighted by Crippen LogP contribution is 2.40. The fourth-order valence-electron chi connectivity index (χ4n) is 3.06. The summed E-state index contributed by atoms with van der Waals surface area (Å²) in [5.41, 5.74) is 0.255. The van der Waals surface area contributed by atoms with Gasteiger partial charge in [-0.05, 0) is 19.4 Å². The molecule has 102 valence electrons. The highest BCUT2D eigenvalue weighted by atomic mass is 35.5. The first-order valence-corrected chi connectivity index (χ1v) is 6.73. The Morgan fingerprint density at radius 2 is 2.37 bits per heavy atom. The van der Waals surface area contributed by atoms with Gasteiger partial charge in [-0.2, -0.15) is 0 Å². The largest absolute Gasteiger partial charge is 0.350 e. The molecular weight excluding hydrogens is 268 g/mol. The number of nitrogens with one attached hydrogen (secondary N) is 1. The maximum atomic E-state index is 11.1.